The van der Waals surface area contributed by atoms with Crippen molar-refractivity contribution < 1.29 is 58.7 Å². The molecule has 216 valence electrons. The summed E-state index contributed by atoms with van der Waals surface area (Å²) in [6.07, 6.45) is -13.7. The molecule has 0 aliphatic carbocycles. The Morgan fingerprint density at radius 1 is 0.564 bits per heavy atom. The molecule has 0 saturated carbocycles. The van der Waals surface area contributed by atoms with Crippen LogP contribution in [0.2, 0.25) is 0 Å². The lowest BCUT2D eigenvalue weighted by Gasteiger charge is -2.40. The molecule has 15 heteroatoms. The van der Waals surface area contributed by atoms with E-state index >= 15 is 0 Å². The van der Waals surface area contributed by atoms with Crippen LogP contribution in [0.5, 0.6) is 0 Å². The lowest BCUT2D eigenvalue weighted by Crippen LogP contribution is -2.60. The summed E-state index contributed by atoms with van der Waals surface area (Å²) in [7, 11) is -3.95. The van der Waals surface area contributed by atoms with Gasteiger partial charge in [-0.3, -0.25) is 0 Å². The Labute approximate surface area is 223 Å². The van der Waals surface area contributed by atoms with Crippen LogP contribution in [0.1, 0.15) is 0 Å². The number of sulfone groups is 1. The quantitative estimate of drug-likeness (QED) is 0.151. The minimum atomic E-state index is -3.95. The van der Waals surface area contributed by atoms with E-state index in [0.29, 0.717) is 11.4 Å². The normalized spacial score (nSPS) is 35.4. The van der Waals surface area contributed by atoms with Crippen molar-refractivity contribution in [2.45, 2.75) is 71.1 Å². The average Bonchev–Trinajstić information content (AvgIpc) is 2.94. The molecule has 0 aromatic heterocycles. The molecule has 2 aromatic rings. The molecule has 2 aliphatic heterocycles. The Bertz CT molecular complexity index is 1110. The fourth-order valence-electron chi connectivity index (χ4n) is 4.37. The number of anilines is 2. The smallest absolute Gasteiger partial charge is 0.206 e. The largest absolute Gasteiger partial charge is 0.394 e. The van der Waals surface area contributed by atoms with Gasteiger partial charge in [0.2, 0.25) is 9.84 Å². The van der Waals surface area contributed by atoms with E-state index in [2.05, 4.69) is 10.6 Å². The van der Waals surface area contributed by atoms with Crippen LogP contribution in [0.4, 0.5) is 11.4 Å². The molecule has 0 bridgehead atoms. The van der Waals surface area contributed by atoms with Gasteiger partial charge in [-0.15, -0.1) is 0 Å². The second kappa shape index (κ2) is 12.0. The minimum absolute atomic E-state index is 0.0449. The van der Waals surface area contributed by atoms with E-state index < -0.39 is 84.3 Å². The first kappa shape index (κ1) is 29.6. The van der Waals surface area contributed by atoms with Crippen molar-refractivity contribution in [2.24, 2.45) is 0 Å². The van der Waals surface area contributed by atoms with Crippen LogP contribution in [-0.2, 0) is 19.3 Å². The van der Waals surface area contributed by atoms with Crippen LogP contribution in [0.15, 0.2) is 58.3 Å². The fourth-order valence-corrected chi connectivity index (χ4v) is 5.63. The number of ether oxygens (including phenoxy) is 2. The van der Waals surface area contributed by atoms with Crippen molar-refractivity contribution >= 4 is 21.2 Å². The molecule has 0 radical (unpaired) electrons. The molecule has 0 spiro atoms. The molecule has 10 atom stereocenters. The molecular formula is C24H32N2O12S. The van der Waals surface area contributed by atoms with Gasteiger partial charge in [0.1, 0.15) is 48.8 Å². The number of hydrogen-bond donors (Lipinski definition) is 10. The van der Waals surface area contributed by atoms with Crippen molar-refractivity contribution in [1.82, 2.24) is 0 Å². The SMILES string of the molecule is O=S(=O)(c1ccc(N[C@@H]2O[C@H](CO)[C@@H](O)[C@@H](O)[C@@H]2O)cc1)c1ccc(N[C@H]2O[C@@H](CO)[C@H](O)[C@H](O)[C@H]2O)cc1. The molecule has 14 nitrogen and oxygen atoms in total. The third kappa shape index (κ3) is 6.03. The van der Waals surface area contributed by atoms with Crippen molar-refractivity contribution in [1.29, 1.82) is 0 Å². The van der Waals surface area contributed by atoms with Crippen molar-refractivity contribution in [3.8, 4) is 0 Å². The Balaban J connectivity index is 1.42. The molecule has 39 heavy (non-hydrogen) atoms. The second-order valence-electron chi connectivity index (χ2n) is 9.34. The Hall–Kier alpha value is -2.41. The van der Waals surface area contributed by atoms with Crippen LogP contribution in [0, 0.1) is 0 Å². The monoisotopic (exact) mass is 572 g/mol. The molecule has 2 aromatic carbocycles. The summed E-state index contributed by atoms with van der Waals surface area (Å²) in [5.74, 6) is 0. The van der Waals surface area contributed by atoms with Crippen molar-refractivity contribution in [3.05, 3.63) is 48.5 Å². The summed E-state index contributed by atoms with van der Waals surface area (Å²) < 4.78 is 37.0. The van der Waals surface area contributed by atoms with Crippen LogP contribution in [0.25, 0.3) is 0 Å². The third-order valence-corrected chi connectivity index (χ3v) is 8.52. The second-order valence-corrected chi connectivity index (χ2v) is 11.3. The predicted molar refractivity (Wildman–Crippen MR) is 133 cm³/mol. The molecule has 2 aliphatic rings. The van der Waals surface area contributed by atoms with Gasteiger partial charge in [-0.25, -0.2) is 8.42 Å². The van der Waals surface area contributed by atoms with Crippen LogP contribution in [0.3, 0.4) is 0 Å². The van der Waals surface area contributed by atoms with Crippen molar-refractivity contribution in [3.63, 3.8) is 0 Å². The summed E-state index contributed by atoms with van der Waals surface area (Å²) in [5.41, 5.74) is 0.690. The number of nitrogens with one attached hydrogen (secondary N) is 2. The Morgan fingerprint density at radius 2 is 0.897 bits per heavy atom. The first-order chi connectivity index (χ1) is 18.5. The zero-order chi connectivity index (χ0) is 28.5. The van der Waals surface area contributed by atoms with E-state index in [9.17, 15) is 49.3 Å². The number of benzene rings is 2. The number of aliphatic hydroxyl groups excluding tert-OH is 8. The van der Waals surface area contributed by atoms with Gasteiger partial charge in [-0.05, 0) is 48.5 Å². The van der Waals surface area contributed by atoms with Gasteiger partial charge in [-0.1, -0.05) is 0 Å². The fraction of sp³-hybridized carbons (Fsp3) is 0.500. The summed E-state index contributed by atoms with van der Waals surface area (Å²) >= 11 is 0. The number of rotatable bonds is 8. The van der Waals surface area contributed by atoms with Gasteiger partial charge < -0.3 is 61.0 Å². The van der Waals surface area contributed by atoms with Gasteiger partial charge in [0.05, 0.1) is 23.0 Å². The minimum Gasteiger partial charge on any atom is -0.394 e. The van der Waals surface area contributed by atoms with Gasteiger partial charge >= 0.3 is 0 Å². The van der Waals surface area contributed by atoms with Crippen LogP contribution in [-0.4, -0.2) is 124 Å². The van der Waals surface area contributed by atoms with Gasteiger partial charge in [-0.2, -0.15) is 0 Å². The maximum atomic E-state index is 13.1. The summed E-state index contributed by atoms with van der Waals surface area (Å²) in [6, 6.07) is 11.0. The van der Waals surface area contributed by atoms with E-state index in [4.69, 9.17) is 9.47 Å². The van der Waals surface area contributed by atoms with Crippen LogP contribution >= 0.6 is 0 Å². The zero-order valence-corrected chi connectivity index (χ0v) is 21.2. The van der Waals surface area contributed by atoms with Gasteiger partial charge in [0, 0.05) is 11.4 Å². The van der Waals surface area contributed by atoms with Gasteiger partial charge in [0.25, 0.3) is 0 Å². The molecule has 2 fully saturated rings. The standard InChI is InChI=1S/C24H32N2O12S/c27-9-15-17(29)19(31)21(33)23(37-15)25-11-1-5-13(6-2-11)39(35,36)14-7-3-12(4-8-14)26-24-22(34)20(32)18(30)16(10-28)38-24/h1-8,15-34H,9-10H2/t15-,16+,17-,18+,19-,20+,21+,22-,23-,24+. The highest BCUT2D eigenvalue weighted by molar-refractivity contribution is 7.91. The summed E-state index contributed by atoms with van der Waals surface area (Å²) in [5, 5.41) is 84.2. The Morgan fingerprint density at radius 3 is 1.21 bits per heavy atom. The average molecular weight is 573 g/mol. The predicted octanol–water partition coefficient (Wildman–Crippen LogP) is -3.06. The van der Waals surface area contributed by atoms with E-state index in [1.54, 1.807) is 0 Å². The summed E-state index contributed by atoms with van der Waals surface area (Å²) in [6.45, 7) is -1.17. The molecule has 4 rings (SSSR count). The topological polar surface area (TPSA) is 238 Å². The highest BCUT2D eigenvalue weighted by Gasteiger charge is 2.44. The highest BCUT2D eigenvalue weighted by Crippen LogP contribution is 2.28. The van der Waals surface area contributed by atoms with E-state index in [1.807, 2.05) is 0 Å². The lowest BCUT2D eigenvalue weighted by atomic mass is 9.98. The van der Waals surface area contributed by atoms with E-state index in [0.717, 1.165) is 0 Å². The molecule has 0 unspecified atom stereocenters. The van der Waals surface area contributed by atoms with Gasteiger partial charge in [0.15, 0.2) is 12.5 Å². The molecule has 10 N–H and O–H groups in total. The summed E-state index contributed by atoms with van der Waals surface area (Å²) in [4.78, 5) is -0.0898. The lowest BCUT2D eigenvalue weighted by molar-refractivity contribution is -0.221. The van der Waals surface area contributed by atoms with Crippen molar-refractivity contribution in [2.75, 3.05) is 23.8 Å². The van der Waals surface area contributed by atoms with E-state index in [1.165, 1.54) is 48.5 Å². The Kier molecular flexibility index (Phi) is 9.09. The molecule has 0 amide bonds. The maximum absolute atomic E-state index is 13.1. The molecule has 2 heterocycles. The highest BCUT2D eigenvalue weighted by atomic mass is 32.2. The van der Waals surface area contributed by atoms with Crippen LogP contribution < -0.4 is 10.6 Å². The molecular weight excluding hydrogens is 540 g/mol. The number of hydrogen-bond acceptors (Lipinski definition) is 14. The first-order valence-electron chi connectivity index (χ1n) is 12.1. The van der Waals surface area contributed by atoms with E-state index in [-0.39, 0.29) is 9.79 Å². The zero-order valence-electron chi connectivity index (χ0n) is 20.4. The number of aliphatic hydroxyl groups is 8. The molecule has 2 saturated heterocycles. The first-order valence-corrected chi connectivity index (χ1v) is 13.6. The maximum Gasteiger partial charge on any atom is 0.206 e. The third-order valence-electron chi connectivity index (χ3n) is 6.73.